The summed E-state index contributed by atoms with van der Waals surface area (Å²) in [6, 6.07) is 0. The van der Waals surface area contributed by atoms with Gasteiger partial charge in [-0.2, -0.15) is 0 Å². The van der Waals surface area contributed by atoms with Gasteiger partial charge in [0, 0.05) is 20.1 Å². The van der Waals surface area contributed by atoms with Crippen molar-refractivity contribution >= 4 is 17.8 Å². The Bertz CT molecular complexity index is 793. The topological polar surface area (TPSA) is 99.8 Å². The van der Waals surface area contributed by atoms with Gasteiger partial charge in [-0.05, 0) is 38.5 Å². The maximum absolute atomic E-state index is 12.7. The second-order valence-electron chi connectivity index (χ2n) is 7.78. The first-order valence-corrected chi connectivity index (χ1v) is 9.90. The van der Waals surface area contributed by atoms with Crippen LogP contribution >= 0.6 is 0 Å². The number of fused-ring (bicyclic) bond motifs is 5. The van der Waals surface area contributed by atoms with Crippen LogP contribution in [0, 0.1) is 37.5 Å². The Kier molecular flexibility index (Phi) is 4.95. The molecule has 2 aliphatic carbocycles. The van der Waals surface area contributed by atoms with E-state index in [9.17, 15) is 9.59 Å². The number of aryl methyl sites for hydroxylation is 2. The summed E-state index contributed by atoms with van der Waals surface area (Å²) in [6.45, 7) is 5.30. The molecule has 8 heteroatoms. The summed E-state index contributed by atoms with van der Waals surface area (Å²) in [6.07, 6.45) is 5.88. The van der Waals surface area contributed by atoms with Gasteiger partial charge in [0.15, 0.2) is 5.96 Å². The van der Waals surface area contributed by atoms with Crippen LogP contribution < -0.4 is 10.6 Å². The normalized spacial score (nSPS) is 28.4. The molecule has 0 aromatic carbocycles. The van der Waals surface area contributed by atoms with Crippen LogP contribution in [0.4, 0.5) is 0 Å². The molecule has 1 aliphatic heterocycles. The Morgan fingerprint density at radius 3 is 2.46 bits per heavy atom. The van der Waals surface area contributed by atoms with E-state index in [4.69, 9.17) is 4.42 Å². The predicted molar refractivity (Wildman–Crippen MR) is 103 cm³/mol. The van der Waals surface area contributed by atoms with Crippen LogP contribution in [0.3, 0.4) is 0 Å². The molecule has 2 amide bonds. The first kappa shape index (κ1) is 18.7. The van der Waals surface area contributed by atoms with Gasteiger partial charge in [-0.3, -0.25) is 19.5 Å². The van der Waals surface area contributed by atoms with E-state index in [0.29, 0.717) is 37.9 Å². The quantitative estimate of drug-likeness (QED) is 0.251. The summed E-state index contributed by atoms with van der Waals surface area (Å²) >= 11 is 0. The standard InChI is InChI=1S/C20H27N5O3/c1-11-12(2)28-15(24-11)10-23-20(21-3)22-7-4-8-25-18(26)16-13-5-6-14(9-13)17(16)19(25)27/h5-6,13-14,16-17H,4,7-10H2,1-3H3,(H2,21,22,23). The van der Waals surface area contributed by atoms with Crippen molar-refractivity contribution in [3.05, 3.63) is 29.5 Å². The molecule has 1 aromatic heterocycles. The van der Waals surface area contributed by atoms with Crippen molar-refractivity contribution in [2.45, 2.75) is 33.2 Å². The smallest absolute Gasteiger partial charge is 0.233 e. The molecule has 4 atom stereocenters. The van der Waals surface area contributed by atoms with Crippen molar-refractivity contribution < 1.29 is 14.0 Å². The molecule has 2 heterocycles. The van der Waals surface area contributed by atoms with Gasteiger partial charge in [0.05, 0.1) is 24.1 Å². The number of likely N-dealkylation sites (tertiary alicyclic amines) is 1. The molecule has 28 heavy (non-hydrogen) atoms. The third-order valence-corrected chi connectivity index (χ3v) is 6.12. The number of oxazole rings is 1. The van der Waals surface area contributed by atoms with Gasteiger partial charge >= 0.3 is 0 Å². The summed E-state index contributed by atoms with van der Waals surface area (Å²) < 4.78 is 5.54. The molecular weight excluding hydrogens is 358 g/mol. The van der Waals surface area contributed by atoms with Gasteiger partial charge in [0.25, 0.3) is 0 Å². The lowest BCUT2D eigenvalue weighted by Gasteiger charge is -2.17. The molecule has 4 unspecified atom stereocenters. The van der Waals surface area contributed by atoms with Gasteiger partial charge in [-0.15, -0.1) is 0 Å². The van der Waals surface area contributed by atoms with Gasteiger partial charge in [-0.25, -0.2) is 4.98 Å². The number of aliphatic imine (C=N–C) groups is 1. The molecular formula is C20H27N5O3. The Labute approximate surface area is 164 Å². The van der Waals surface area contributed by atoms with Crippen LogP contribution in [0.15, 0.2) is 21.6 Å². The van der Waals surface area contributed by atoms with Crippen molar-refractivity contribution in [2.24, 2.45) is 28.7 Å². The third-order valence-electron chi connectivity index (χ3n) is 6.12. The monoisotopic (exact) mass is 385 g/mol. The largest absolute Gasteiger partial charge is 0.444 e. The summed E-state index contributed by atoms with van der Waals surface area (Å²) in [5.41, 5.74) is 0.882. The highest BCUT2D eigenvalue weighted by Crippen LogP contribution is 2.52. The number of aromatic nitrogens is 1. The minimum atomic E-state index is -0.113. The van der Waals surface area contributed by atoms with E-state index in [1.165, 1.54) is 4.90 Å². The van der Waals surface area contributed by atoms with E-state index in [1.807, 2.05) is 13.8 Å². The average molecular weight is 385 g/mol. The summed E-state index contributed by atoms with van der Waals surface area (Å²) in [5, 5.41) is 6.35. The highest BCUT2D eigenvalue weighted by molar-refractivity contribution is 6.06. The molecule has 150 valence electrons. The highest BCUT2D eigenvalue weighted by atomic mass is 16.4. The molecule has 3 aliphatic rings. The number of imide groups is 1. The SMILES string of the molecule is CN=C(NCCCN1C(=O)C2C3C=CC(C3)C2C1=O)NCc1nc(C)c(C)o1. The number of carbonyl (C=O) groups is 2. The molecule has 2 fully saturated rings. The van der Waals surface area contributed by atoms with Crippen LogP contribution in [0.5, 0.6) is 0 Å². The van der Waals surface area contributed by atoms with E-state index in [1.54, 1.807) is 7.05 Å². The zero-order chi connectivity index (χ0) is 19.8. The van der Waals surface area contributed by atoms with E-state index in [0.717, 1.165) is 17.9 Å². The molecule has 8 nitrogen and oxygen atoms in total. The highest BCUT2D eigenvalue weighted by Gasteiger charge is 2.58. The van der Waals surface area contributed by atoms with Gasteiger partial charge in [-0.1, -0.05) is 12.2 Å². The van der Waals surface area contributed by atoms with Crippen molar-refractivity contribution in [1.82, 2.24) is 20.5 Å². The van der Waals surface area contributed by atoms with Crippen LogP contribution in [0.1, 0.15) is 30.2 Å². The lowest BCUT2D eigenvalue weighted by Crippen LogP contribution is -2.39. The second kappa shape index (κ2) is 7.41. The number of carbonyl (C=O) groups excluding carboxylic acids is 2. The number of rotatable bonds is 6. The van der Waals surface area contributed by atoms with Crippen molar-refractivity contribution in [3.63, 3.8) is 0 Å². The maximum Gasteiger partial charge on any atom is 0.233 e. The molecule has 1 aromatic rings. The number of hydrogen-bond acceptors (Lipinski definition) is 5. The van der Waals surface area contributed by atoms with E-state index >= 15 is 0 Å². The fourth-order valence-electron chi connectivity index (χ4n) is 4.62. The lowest BCUT2D eigenvalue weighted by molar-refractivity contribution is -0.140. The van der Waals surface area contributed by atoms with Gasteiger partial charge in [0.2, 0.25) is 17.7 Å². The molecule has 0 radical (unpaired) electrons. The summed E-state index contributed by atoms with van der Waals surface area (Å²) in [4.78, 5) is 35.3. The van der Waals surface area contributed by atoms with Crippen LogP contribution in [-0.2, 0) is 16.1 Å². The predicted octanol–water partition coefficient (Wildman–Crippen LogP) is 1.15. The van der Waals surface area contributed by atoms with Gasteiger partial charge < -0.3 is 15.1 Å². The fourth-order valence-corrected chi connectivity index (χ4v) is 4.62. The molecule has 0 spiro atoms. The Balaban J connectivity index is 1.22. The summed E-state index contributed by atoms with van der Waals surface area (Å²) in [5.74, 6) is 2.39. The number of amides is 2. The zero-order valence-corrected chi connectivity index (χ0v) is 16.6. The number of hydrogen-bond donors (Lipinski definition) is 2. The summed E-state index contributed by atoms with van der Waals surface area (Å²) in [7, 11) is 1.69. The maximum atomic E-state index is 12.7. The van der Waals surface area contributed by atoms with E-state index in [-0.39, 0.29) is 35.5 Å². The van der Waals surface area contributed by atoms with Crippen LogP contribution in [-0.4, -0.2) is 47.8 Å². The van der Waals surface area contributed by atoms with E-state index < -0.39 is 0 Å². The van der Waals surface area contributed by atoms with Gasteiger partial charge in [0.1, 0.15) is 5.76 Å². The van der Waals surface area contributed by atoms with Crippen molar-refractivity contribution in [2.75, 3.05) is 20.1 Å². The van der Waals surface area contributed by atoms with E-state index in [2.05, 4.69) is 32.8 Å². The number of guanidine groups is 1. The second-order valence-corrected chi connectivity index (χ2v) is 7.78. The first-order chi connectivity index (χ1) is 13.5. The minimum Gasteiger partial charge on any atom is -0.444 e. The minimum absolute atomic E-state index is 0.0176. The third kappa shape index (κ3) is 3.21. The number of allylic oxidation sites excluding steroid dienone is 2. The molecule has 2 N–H and O–H groups in total. The molecule has 1 saturated heterocycles. The van der Waals surface area contributed by atoms with Crippen LogP contribution in [0.25, 0.3) is 0 Å². The van der Waals surface area contributed by atoms with Crippen LogP contribution in [0.2, 0.25) is 0 Å². The Morgan fingerprint density at radius 2 is 1.89 bits per heavy atom. The zero-order valence-electron chi connectivity index (χ0n) is 16.6. The number of nitrogens with one attached hydrogen (secondary N) is 2. The Hall–Kier alpha value is -2.64. The van der Waals surface area contributed by atoms with Crippen molar-refractivity contribution in [1.29, 1.82) is 0 Å². The lowest BCUT2D eigenvalue weighted by atomic mass is 9.85. The first-order valence-electron chi connectivity index (χ1n) is 9.90. The van der Waals surface area contributed by atoms with Crippen molar-refractivity contribution in [3.8, 4) is 0 Å². The molecule has 4 rings (SSSR count). The fraction of sp³-hybridized carbons (Fsp3) is 0.600. The average Bonchev–Trinajstić information content (AvgIpc) is 3.42. The molecule has 2 bridgehead atoms. The Morgan fingerprint density at radius 1 is 1.21 bits per heavy atom. The molecule has 1 saturated carbocycles. The number of nitrogens with zero attached hydrogens (tertiary/aromatic N) is 3.